The van der Waals surface area contributed by atoms with Gasteiger partial charge in [-0.25, -0.2) is 13.2 Å². The van der Waals surface area contributed by atoms with Crippen molar-refractivity contribution in [3.63, 3.8) is 0 Å². The lowest BCUT2D eigenvalue weighted by Gasteiger charge is -2.21. The lowest BCUT2D eigenvalue weighted by Crippen LogP contribution is -2.40. The first-order chi connectivity index (χ1) is 11.1. The van der Waals surface area contributed by atoms with Crippen LogP contribution in [0.5, 0.6) is 0 Å². The molecule has 0 aliphatic carbocycles. The molecule has 0 radical (unpaired) electrons. The van der Waals surface area contributed by atoms with Gasteiger partial charge in [0.15, 0.2) is 0 Å². The van der Waals surface area contributed by atoms with Crippen LogP contribution in [0.1, 0.15) is 42.6 Å². The van der Waals surface area contributed by atoms with Gasteiger partial charge in [-0.2, -0.15) is 4.31 Å². The van der Waals surface area contributed by atoms with Crippen LogP contribution in [0.25, 0.3) is 0 Å². The molecule has 0 aromatic heterocycles. The Hall–Kier alpha value is -1.93. The second-order valence-corrected chi connectivity index (χ2v) is 7.93. The van der Waals surface area contributed by atoms with Gasteiger partial charge in [-0.15, -0.1) is 0 Å². The van der Waals surface area contributed by atoms with Gasteiger partial charge < -0.3 is 9.84 Å². The van der Waals surface area contributed by atoms with Gasteiger partial charge in [0.1, 0.15) is 6.04 Å². The predicted octanol–water partition coefficient (Wildman–Crippen LogP) is 1.80. The van der Waals surface area contributed by atoms with E-state index in [1.165, 1.54) is 18.2 Å². The summed E-state index contributed by atoms with van der Waals surface area (Å²) in [5.74, 6) is -1.77. The van der Waals surface area contributed by atoms with E-state index in [0.29, 0.717) is 12.0 Å². The van der Waals surface area contributed by atoms with Crippen molar-refractivity contribution < 1.29 is 27.9 Å². The maximum atomic E-state index is 12.8. The zero-order valence-corrected chi connectivity index (χ0v) is 14.7. The van der Waals surface area contributed by atoms with Crippen LogP contribution in [0.15, 0.2) is 23.1 Å². The van der Waals surface area contributed by atoms with Crippen LogP contribution >= 0.6 is 0 Å². The number of rotatable bonds is 5. The molecule has 1 saturated heterocycles. The summed E-state index contributed by atoms with van der Waals surface area (Å²) in [7, 11) is -3.99. The summed E-state index contributed by atoms with van der Waals surface area (Å²) < 4.78 is 31.6. The molecule has 0 spiro atoms. The summed E-state index contributed by atoms with van der Waals surface area (Å²) in [5, 5.41) is 9.20. The lowest BCUT2D eigenvalue weighted by atomic mass is 10.1. The maximum absolute atomic E-state index is 12.8. The number of hydrogen-bond acceptors (Lipinski definition) is 5. The monoisotopic (exact) mass is 355 g/mol. The van der Waals surface area contributed by atoms with Crippen molar-refractivity contribution >= 4 is 22.0 Å². The zero-order valence-electron chi connectivity index (χ0n) is 13.9. The highest BCUT2D eigenvalue weighted by Crippen LogP contribution is 2.27. The van der Waals surface area contributed by atoms with Crippen LogP contribution in [-0.4, -0.2) is 48.5 Å². The molecule has 1 N–H and O–H groups in total. The van der Waals surface area contributed by atoms with Gasteiger partial charge in [-0.3, -0.25) is 4.79 Å². The number of aryl methyl sites for hydroxylation is 1. The molecular formula is C16H21NO6S. The van der Waals surface area contributed by atoms with Gasteiger partial charge in [-0.1, -0.05) is 6.07 Å². The fourth-order valence-corrected chi connectivity index (χ4v) is 4.35. The van der Waals surface area contributed by atoms with E-state index in [2.05, 4.69) is 0 Å². The average Bonchev–Trinajstić information content (AvgIpc) is 2.97. The number of carbonyl (C=O) groups is 2. The topological polar surface area (TPSA) is 101 Å². The molecule has 7 nitrogen and oxygen atoms in total. The number of carbonyl (C=O) groups excluding carboxylic acids is 1. The molecule has 1 aromatic carbocycles. The van der Waals surface area contributed by atoms with Gasteiger partial charge in [-0.05, 0) is 51.3 Å². The van der Waals surface area contributed by atoms with E-state index in [-0.39, 0.29) is 29.5 Å². The van der Waals surface area contributed by atoms with Crippen LogP contribution in [0.2, 0.25) is 0 Å². The molecule has 8 heteroatoms. The highest BCUT2D eigenvalue weighted by atomic mass is 32.2. The first-order valence-corrected chi connectivity index (χ1v) is 9.15. The molecule has 0 saturated carbocycles. The smallest absolute Gasteiger partial charge is 0.338 e. The third-order valence-electron chi connectivity index (χ3n) is 3.87. The molecule has 1 aromatic rings. The molecule has 1 unspecified atom stereocenters. The highest BCUT2D eigenvalue weighted by molar-refractivity contribution is 7.89. The largest absolute Gasteiger partial charge is 0.480 e. The van der Waals surface area contributed by atoms with Crippen molar-refractivity contribution in [2.75, 3.05) is 6.54 Å². The number of ether oxygens (including phenoxy) is 1. The molecular weight excluding hydrogens is 334 g/mol. The first-order valence-electron chi connectivity index (χ1n) is 7.71. The summed E-state index contributed by atoms with van der Waals surface area (Å²) >= 11 is 0. The molecule has 1 aliphatic rings. The summed E-state index contributed by atoms with van der Waals surface area (Å²) in [6.07, 6.45) is 0.444. The van der Waals surface area contributed by atoms with Gasteiger partial charge in [0.25, 0.3) is 0 Å². The van der Waals surface area contributed by atoms with Crippen LogP contribution in [0, 0.1) is 6.92 Å². The quantitative estimate of drug-likeness (QED) is 0.808. The molecule has 0 bridgehead atoms. The first kappa shape index (κ1) is 18.4. The summed E-state index contributed by atoms with van der Waals surface area (Å²) in [4.78, 5) is 23.3. The fourth-order valence-electron chi connectivity index (χ4n) is 2.67. The van der Waals surface area contributed by atoms with Crippen LogP contribution in [-0.2, 0) is 19.6 Å². The molecule has 2 rings (SSSR count). The third-order valence-corrected chi connectivity index (χ3v) is 5.77. The standard InChI is InChI=1S/C16H21NO6S/c1-10(2)23-16(20)13-9-12(7-6-11(13)3)24(21,22)17-8-4-5-14(17)15(18)19/h6-7,9-10,14H,4-5,8H2,1-3H3,(H,18,19). The second-order valence-electron chi connectivity index (χ2n) is 6.04. The average molecular weight is 355 g/mol. The van der Waals surface area contributed by atoms with Crippen molar-refractivity contribution in [1.29, 1.82) is 0 Å². The van der Waals surface area contributed by atoms with Gasteiger partial charge in [0, 0.05) is 6.54 Å². The number of carboxylic acids is 1. The third kappa shape index (κ3) is 3.59. The number of hydrogen-bond donors (Lipinski definition) is 1. The van der Waals surface area contributed by atoms with Crippen molar-refractivity contribution in [2.24, 2.45) is 0 Å². The van der Waals surface area contributed by atoms with E-state index >= 15 is 0 Å². The number of carboxylic acid groups (broad SMARTS) is 1. The van der Waals surface area contributed by atoms with E-state index in [1.54, 1.807) is 20.8 Å². The molecule has 1 heterocycles. The molecule has 132 valence electrons. The number of sulfonamides is 1. The Morgan fingerprint density at radius 2 is 2.00 bits per heavy atom. The predicted molar refractivity (Wildman–Crippen MR) is 86.3 cm³/mol. The summed E-state index contributed by atoms with van der Waals surface area (Å²) in [6, 6.07) is 3.10. The van der Waals surface area contributed by atoms with Crippen LogP contribution in [0.4, 0.5) is 0 Å². The fraction of sp³-hybridized carbons (Fsp3) is 0.500. The van der Waals surface area contributed by atoms with Gasteiger partial charge in [0.2, 0.25) is 10.0 Å². The van der Waals surface area contributed by atoms with E-state index in [4.69, 9.17) is 4.74 Å². The summed E-state index contributed by atoms with van der Waals surface area (Å²) in [6.45, 7) is 5.24. The number of benzene rings is 1. The molecule has 0 amide bonds. The van der Waals surface area contributed by atoms with Crippen molar-refractivity contribution in [3.05, 3.63) is 29.3 Å². The van der Waals surface area contributed by atoms with Crippen molar-refractivity contribution in [3.8, 4) is 0 Å². The Bertz CT molecular complexity index is 756. The number of esters is 1. The van der Waals surface area contributed by atoms with E-state index in [9.17, 15) is 23.1 Å². The Labute approximate surface area is 141 Å². The number of aliphatic carboxylic acids is 1. The zero-order chi connectivity index (χ0) is 18.1. The normalized spacial score (nSPS) is 18.8. The lowest BCUT2D eigenvalue weighted by molar-refractivity contribution is -0.140. The van der Waals surface area contributed by atoms with E-state index in [1.807, 2.05) is 0 Å². The Morgan fingerprint density at radius 3 is 2.58 bits per heavy atom. The van der Waals surface area contributed by atoms with Crippen molar-refractivity contribution in [2.45, 2.75) is 50.7 Å². The molecule has 1 fully saturated rings. The maximum Gasteiger partial charge on any atom is 0.338 e. The van der Waals surface area contributed by atoms with Crippen molar-refractivity contribution in [1.82, 2.24) is 4.31 Å². The second kappa shape index (κ2) is 6.90. The minimum atomic E-state index is -3.99. The molecule has 1 aliphatic heterocycles. The van der Waals surface area contributed by atoms with Crippen LogP contribution in [0.3, 0.4) is 0 Å². The molecule has 1 atom stereocenters. The van der Waals surface area contributed by atoms with E-state index < -0.39 is 28.0 Å². The Balaban J connectivity index is 2.41. The van der Waals surface area contributed by atoms with Gasteiger partial charge in [0.05, 0.1) is 16.6 Å². The Kier molecular flexibility index (Phi) is 5.29. The minimum absolute atomic E-state index is 0.100. The number of nitrogens with zero attached hydrogens (tertiary/aromatic N) is 1. The SMILES string of the molecule is Cc1ccc(S(=O)(=O)N2CCCC2C(=O)O)cc1C(=O)OC(C)C. The Morgan fingerprint density at radius 1 is 1.33 bits per heavy atom. The molecule has 24 heavy (non-hydrogen) atoms. The minimum Gasteiger partial charge on any atom is -0.480 e. The summed E-state index contributed by atoms with van der Waals surface area (Å²) in [5.41, 5.74) is 0.756. The highest BCUT2D eigenvalue weighted by Gasteiger charge is 2.39. The van der Waals surface area contributed by atoms with E-state index in [0.717, 1.165) is 4.31 Å². The van der Waals surface area contributed by atoms with Crippen LogP contribution < -0.4 is 0 Å². The van der Waals surface area contributed by atoms with Gasteiger partial charge >= 0.3 is 11.9 Å².